The Labute approximate surface area is 160 Å². The molecule has 5 nitrogen and oxygen atoms in total. The molecule has 2 aromatic carbocycles. The molecule has 1 atom stereocenters. The minimum Gasteiger partial charge on any atom is -0.339 e. The maximum absolute atomic E-state index is 12.6. The Kier molecular flexibility index (Phi) is 4.36. The molecule has 1 unspecified atom stereocenters. The van der Waals surface area contributed by atoms with E-state index >= 15 is 0 Å². The number of hydrogen-bond acceptors (Lipinski definition) is 4. The van der Waals surface area contributed by atoms with Crippen LogP contribution in [0, 0.1) is 13.8 Å². The van der Waals surface area contributed by atoms with Crippen LogP contribution in [0.5, 0.6) is 0 Å². The van der Waals surface area contributed by atoms with Gasteiger partial charge in [-0.1, -0.05) is 39.3 Å². The fourth-order valence-corrected chi connectivity index (χ4v) is 3.70. The molecule has 2 heterocycles. The number of carbonyl (C=O) groups excluding carboxylic acids is 1. The normalized spacial score (nSPS) is 17.1. The molecule has 0 radical (unpaired) electrons. The largest absolute Gasteiger partial charge is 0.339 e. The summed E-state index contributed by atoms with van der Waals surface area (Å²) in [6.07, 6.45) is 0.385. The van der Waals surface area contributed by atoms with Crippen molar-refractivity contribution in [2.24, 2.45) is 0 Å². The SMILES string of the molecule is Cc1cccc(C)c1N1CC(c2nc(-c3ccc(Br)cc3)no2)CC1=O. The highest BCUT2D eigenvalue weighted by Crippen LogP contribution is 2.35. The Morgan fingerprint density at radius 1 is 1.12 bits per heavy atom. The van der Waals surface area contributed by atoms with Gasteiger partial charge in [-0.05, 0) is 49.2 Å². The van der Waals surface area contributed by atoms with E-state index in [0.29, 0.717) is 24.7 Å². The number of aromatic nitrogens is 2. The van der Waals surface area contributed by atoms with Gasteiger partial charge in [-0.15, -0.1) is 0 Å². The van der Waals surface area contributed by atoms with E-state index in [0.717, 1.165) is 26.9 Å². The first kappa shape index (κ1) is 17.0. The van der Waals surface area contributed by atoms with Crippen molar-refractivity contribution in [2.75, 3.05) is 11.4 Å². The summed E-state index contributed by atoms with van der Waals surface area (Å²) >= 11 is 3.42. The monoisotopic (exact) mass is 411 g/mol. The van der Waals surface area contributed by atoms with Crippen LogP contribution in [-0.2, 0) is 4.79 Å². The molecule has 1 saturated heterocycles. The predicted molar refractivity (Wildman–Crippen MR) is 103 cm³/mol. The van der Waals surface area contributed by atoms with E-state index < -0.39 is 0 Å². The van der Waals surface area contributed by atoms with Crippen molar-refractivity contribution in [3.05, 3.63) is 64.0 Å². The first-order valence-corrected chi connectivity index (χ1v) is 9.28. The standard InChI is InChI=1S/C20H18BrN3O2/c1-12-4-3-5-13(2)18(12)24-11-15(10-17(24)25)20-22-19(23-26-20)14-6-8-16(21)9-7-14/h3-9,15H,10-11H2,1-2H3. The summed E-state index contributed by atoms with van der Waals surface area (Å²) in [5.41, 5.74) is 4.08. The molecule has 4 rings (SSSR count). The Morgan fingerprint density at radius 3 is 2.50 bits per heavy atom. The topological polar surface area (TPSA) is 59.2 Å². The van der Waals surface area contributed by atoms with Gasteiger partial charge in [-0.3, -0.25) is 4.79 Å². The summed E-state index contributed by atoms with van der Waals surface area (Å²) in [6.45, 7) is 4.62. The third-order valence-corrected chi connectivity index (χ3v) is 5.26. The molecule has 1 aliphatic heterocycles. The highest BCUT2D eigenvalue weighted by Gasteiger charge is 2.36. The van der Waals surface area contributed by atoms with Crippen LogP contribution in [0.25, 0.3) is 11.4 Å². The fraction of sp³-hybridized carbons (Fsp3) is 0.250. The minimum atomic E-state index is -0.0850. The number of nitrogens with zero attached hydrogens (tertiary/aromatic N) is 3. The van der Waals surface area contributed by atoms with Gasteiger partial charge in [0, 0.05) is 28.7 Å². The van der Waals surface area contributed by atoms with Crippen LogP contribution in [-0.4, -0.2) is 22.6 Å². The van der Waals surface area contributed by atoms with E-state index in [1.807, 2.05) is 61.2 Å². The van der Waals surface area contributed by atoms with Gasteiger partial charge < -0.3 is 9.42 Å². The van der Waals surface area contributed by atoms with Gasteiger partial charge in [-0.25, -0.2) is 0 Å². The number of amides is 1. The van der Waals surface area contributed by atoms with Gasteiger partial charge in [0.25, 0.3) is 0 Å². The first-order valence-electron chi connectivity index (χ1n) is 8.49. The number of para-hydroxylation sites is 1. The second kappa shape index (κ2) is 6.68. The molecule has 0 saturated carbocycles. The van der Waals surface area contributed by atoms with Gasteiger partial charge >= 0.3 is 0 Å². The third-order valence-electron chi connectivity index (χ3n) is 4.73. The highest BCUT2D eigenvalue weighted by atomic mass is 79.9. The van der Waals surface area contributed by atoms with Gasteiger partial charge in [-0.2, -0.15) is 4.98 Å². The third kappa shape index (κ3) is 3.05. The number of anilines is 1. The number of carbonyl (C=O) groups is 1. The molecule has 0 N–H and O–H groups in total. The minimum absolute atomic E-state index is 0.0850. The summed E-state index contributed by atoms with van der Waals surface area (Å²) in [7, 11) is 0. The molecule has 0 bridgehead atoms. The molecular weight excluding hydrogens is 394 g/mol. The van der Waals surface area contributed by atoms with Crippen molar-refractivity contribution in [1.29, 1.82) is 0 Å². The Bertz CT molecular complexity index is 945. The van der Waals surface area contributed by atoms with E-state index in [-0.39, 0.29) is 11.8 Å². The summed E-state index contributed by atoms with van der Waals surface area (Å²) in [5.74, 6) is 1.07. The van der Waals surface area contributed by atoms with E-state index in [9.17, 15) is 4.79 Å². The van der Waals surface area contributed by atoms with Gasteiger partial charge in [0.15, 0.2) is 0 Å². The predicted octanol–water partition coefficient (Wildman–Crippen LogP) is 4.64. The lowest BCUT2D eigenvalue weighted by Crippen LogP contribution is -2.26. The summed E-state index contributed by atoms with van der Waals surface area (Å²) < 4.78 is 6.47. The second-order valence-corrected chi connectivity index (χ2v) is 7.52. The molecule has 26 heavy (non-hydrogen) atoms. The average Bonchev–Trinajstić information content (AvgIpc) is 3.23. The second-order valence-electron chi connectivity index (χ2n) is 6.61. The number of aryl methyl sites for hydroxylation is 2. The Hall–Kier alpha value is -2.47. The fourth-order valence-electron chi connectivity index (χ4n) is 3.44. The van der Waals surface area contributed by atoms with E-state index in [1.54, 1.807) is 0 Å². The molecular formula is C20H18BrN3O2. The maximum Gasteiger partial charge on any atom is 0.232 e. The number of benzene rings is 2. The lowest BCUT2D eigenvalue weighted by molar-refractivity contribution is -0.117. The lowest BCUT2D eigenvalue weighted by Gasteiger charge is -2.21. The van der Waals surface area contributed by atoms with Crippen molar-refractivity contribution in [3.8, 4) is 11.4 Å². The molecule has 1 fully saturated rings. The number of halogens is 1. The summed E-state index contributed by atoms with van der Waals surface area (Å²) in [6, 6.07) is 13.8. The molecule has 132 valence electrons. The maximum atomic E-state index is 12.6. The van der Waals surface area contributed by atoms with Crippen LogP contribution in [0.15, 0.2) is 51.5 Å². The van der Waals surface area contributed by atoms with Crippen molar-refractivity contribution in [1.82, 2.24) is 10.1 Å². The summed E-state index contributed by atoms with van der Waals surface area (Å²) in [4.78, 5) is 19.0. The van der Waals surface area contributed by atoms with Crippen LogP contribution < -0.4 is 4.90 Å². The first-order chi connectivity index (χ1) is 12.5. The molecule has 0 aliphatic carbocycles. The van der Waals surface area contributed by atoms with E-state index in [2.05, 4.69) is 26.1 Å². The molecule has 1 aliphatic rings. The molecule has 3 aromatic rings. The van der Waals surface area contributed by atoms with Crippen molar-refractivity contribution in [2.45, 2.75) is 26.2 Å². The van der Waals surface area contributed by atoms with Crippen LogP contribution >= 0.6 is 15.9 Å². The lowest BCUT2D eigenvalue weighted by atomic mass is 10.1. The van der Waals surface area contributed by atoms with Gasteiger partial charge in [0.05, 0.1) is 5.92 Å². The van der Waals surface area contributed by atoms with Crippen LogP contribution in [0.2, 0.25) is 0 Å². The quantitative estimate of drug-likeness (QED) is 0.629. The Balaban J connectivity index is 1.59. The summed E-state index contributed by atoms with van der Waals surface area (Å²) in [5, 5.41) is 4.09. The van der Waals surface area contributed by atoms with Crippen molar-refractivity contribution in [3.63, 3.8) is 0 Å². The smallest absolute Gasteiger partial charge is 0.232 e. The number of rotatable bonds is 3. The molecule has 6 heteroatoms. The van der Waals surface area contributed by atoms with Gasteiger partial charge in [0.2, 0.25) is 17.6 Å². The zero-order valence-electron chi connectivity index (χ0n) is 14.6. The molecule has 1 amide bonds. The molecule has 0 spiro atoms. The zero-order valence-corrected chi connectivity index (χ0v) is 16.2. The van der Waals surface area contributed by atoms with Crippen molar-refractivity contribution >= 4 is 27.5 Å². The van der Waals surface area contributed by atoms with Crippen LogP contribution in [0.1, 0.15) is 29.4 Å². The Morgan fingerprint density at radius 2 is 1.81 bits per heavy atom. The highest BCUT2D eigenvalue weighted by molar-refractivity contribution is 9.10. The van der Waals surface area contributed by atoms with E-state index in [4.69, 9.17) is 4.52 Å². The van der Waals surface area contributed by atoms with Gasteiger partial charge in [0.1, 0.15) is 0 Å². The average molecular weight is 412 g/mol. The van der Waals surface area contributed by atoms with E-state index in [1.165, 1.54) is 0 Å². The zero-order chi connectivity index (χ0) is 18.3. The van der Waals surface area contributed by atoms with Crippen molar-refractivity contribution < 1.29 is 9.32 Å². The molecule has 1 aromatic heterocycles. The number of hydrogen-bond donors (Lipinski definition) is 0. The van der Waals surface area contributed by atoms with Crippen LogP contribution in [0.4, 0.5) is 5.69 Å². The van der Waals surface area contributed by atoms with Crippen LogP contribution in [0.3, 0.4) is 0 Å².